The van der Waals surface area contributed by atoms with Crippen LogP contribution in [-0.2, 0) is 9.53 Å². The molecular formula is C29H31BrN2O5S. The van der Waals surface area contributed by atoms with Crippen LogP contribution in [0.1, 0.15) is 69.2 Å². The Morgan fingerprint density at radius 1 is 1.24 bits per heavy atom. The number of carbonyl (C=O) groups excluding carboxylic acids is 1. The molecule has 200 valence electrons. The van der Waals surface area contributed by atoms with Gasteiger partial charge in [-0.15, -0.1) is 0 Å². The average molecular weight is 600 g/mol. The first-order valence-electron chi connectivity index (χ1n) is 12.6. The maximum absolute atomic E-state index is 13.9. The number of thiazole rings is 1. The van der Waals surface area contributed by atoms with Crippen LogP contribution >= 0.6 is 27.3 Å². The van der Waals surface area contributed by atoms with Gasteiger partial charge in [-0.1, -0.05) is 78.7 Å². The van der Waals surface area contributed by atoms with Crippen molar-refractivity contribution in [3.05, 3.63) is 88.5 Å². The number of methoxy groups -OCH3 is 1. The van der Waals surface area contributed by atoms with Gasteiger partial charge in [0, 0.05) is 10.0 Å². The summed E-state index contributed by atoms with van der Waals surface area (Å²) in [5, 5.41) is 10.7. The minimum absolute atomic E-state index is 0.0683. The highest BCUT2D eigenvalue weighted by molar-refractivity contribution is 9.10. The molecule has 2 heterocycles. The van der Waals surface area contributed by atoms with E-state index >= 15 is 0 Å². The molecule has 1 aliphatic heterocycles. The molecule has 1 aromatic heterocycles. The highest BCUT2D eigenvalue weighted by Gasteiger charge is 2.34. The Balaban J connectivity index is 2.00. The lowest BCUT2D eigenvalue weighted by atomic mass is 9.92. The molecule has 3 aromatic rings. The summed E-state index contributed by atoms with van der Waals surface area (Å²) in [4.78, 5) is 32.5. The second kappa shape index (κ2) is 11.7. The van der Waals surface area contributed by atoms with Crippen LogP contribution in [0.2, 0.25) is 0 Å². The summed E-state index contributed by atoms with van der Waals surface area (Å²) in [6.07, 6.45) is 2.98. The summed E-state index contributed by atoms with van der Waals surface area (Å²) in [7, 11) is 1.47. The fourth-order valence-electron chi connectivity index (χ4n) is 4.50. The SMILES string of the molecule is CCCC1=C(C(=O)OCC)[C@@H](c2ccc(C(C)C)cc2)n2c(s/c(=C\c3cc(Br)cc(OC)c3O)c2=O)=N1. The molecule has 1 N–H and O–H groups in total. The maximum Gasteiger partial charge on any atom is 0.338 e. The Hall–Kier alpha value is -3.17. The van der Waals surface area contributed by atoms with Crippen LogP contribution in [0.4, 0.5) is 0 Å². The van der Waals surface area contributed by atoms with Gasteiger partial charge in [-0.2, -0.15) is 0 Å². The molecule has 0 radical (unpaired) electrons. The van der Waals surface area contributed by atoms with E-state index < -0.39 is 12.0 Å². The molecule has 0 aliphatic carbocycles. The number of carbonyl (C=O) groups is 1. The topological polar surface area (TPSA) is 90.1 Å². The zero-order valence-corrected chi connectivity index (χ0v) is 24.5. The summed E-state index contributed by atoms with van der Waals surface area (Å²) >= 11 is 4.65. The predicted molar refractivity (Wildman–Crippen MR) is 153 cm³/mol. The molecular weight excluding hydrogens is 568 g/mol. The minimum Gasteiger partial charge on any atom is -0.504 e. The van der Waals surface area contributed by atoms with Crippen LogP contribution in [0, 0.1) is 0 Å². The van der Waals surface area contributed by atoms with Crippen molar-refractivity contribution in [2.24, 2.45) is 4.99 Å². The van der Waals surface area contributed by atoms with Crippen molar-refractivity contribution in [3.8, 4) is 11.5 Å². The van der Waals surface area contributed by atoms with Crippen LogP contribution in [0.25, 0.3) is 6.08 Å². The number of hydrogen-bond donors (Lipinski definition) is 1. The van der Waals surface area contributed by atoms with E-state index in [-0.39, 0.29) is 23.7 Å². The van der Waals surface area contributed by atoms with Crippen LogP contribution < -0.4 is 19.6 Å². The molecule has 9 heteroatoms. The second-order valence-electron chi connectivity index (χ2n) is 9.28. The number of fused-ring (bicyclic) bond motifs is 1. The van der Waals surface area contributed by atoms with Crippen molar-refractivity contribution >= 4 is 39.3 Å². The Morgan fingerprint density at radius 2 is 1.95 bits per heavy atom. The Labute approximate surface area is 233 Å². The monoisotopic (exact) mass is 598 g/mol. The fourth-order valence-corrected chi connectivity index (χ4v) is 5.97. The third-order valence-electron chi connectivity index (χ3n) is 6.39. The van der Waals surface area contributed by atoms with Crippen molar-refractivity contribution < 1.29 is 19.4 Å². The first-order valence-corrected chi connectivity index (χ1v) is 14.2. The van der Waals surface area contributed by atoms with Crippen LogP contribution in [-0.4, -0.2) is 29.4 Å². The summed E-state index contributed by atoms with van der Waals surface area (Å²) < 4.78 is 13.4. The first kappa shape index (κ1) is 27.9. The zero-order chi connectivity index (χ0) is 27.6. The lowest BCUT2D eigenvalue weighted by Gasteiger charge is -2.26. The number of aromatic hydroxyl groups is 1. The Morgan fingerprint density at radius 3 is 2.55 bits per heavy atom. The van der Waals surface area contributed by atoms with E-state index in [1.54, 1.807) is 29.7 Å². The van der Waals surface area contributed by atoms with Gasteiger partial charge in [0.25, 0.3) is 5.56 Å². The number of phenols is 1. The number of ether oxygens (including phenoxy) is 2. The number of esters is 1. The number of benzene rings is 2. The molecule has 0 spiro atoms. The number of phenolic OH excluding ortho intramolecular Hbond substituents is 1. The van der Waals surface area contributed by atoms with Crippen LogP contribution in [0.15, 0.2) is 61.9 Å². The summed E-state index contributed by atoms with van der Waals surface area (Å²) in [5.74, 6) is 0.0931. The molecule has 1 atom stereocenters. The standard InChI is InChI=1S/C29H31BrN2O5S/c1-6-8-21-24(28(35)37-7-2)25(18-11-9-17(10-12-18)16(3)4)32-27(34)23(38-29(32)31-21)14-19-13-20(30)15-22(36-5)26(19)33/h9-16,25,33H,6-8H2,1-5H3/b23-14-/t25-/m1/s1. The number of hydrogen-bond acceptors (Lipinski definition) is 7. The van der Waals surface area contributed by atoms with E-state index in [1.807, 2.05) is 31.2 Å². The van der Waals surface area contributed by atoms with Gasteiger partial charge in [0.1, 0.15) is 0 Å². The summed E-state index contributed by atoms with van der Waals surface area (Å²) in [6, 6.07) is 10.7. The average Bonchev–Trinajstić information content (AvgIpc) is 3.19. The largest absolute Gasteiger partial charge is 0.504 e. The number of halogens is 1. The van der Waals surface area contributed by atoms with Crippen molar-refractivity contribution in [1.82, 2.24) is 4.57 Å². The summed E-state index contributed by atoms with van der Waals surface area (Å²) in [5.41, 5.74) is 3.11. The molecule has 7 nitrogen and oxygen atoms in total. The van der Waals surface area contributed by atoms with Gasteiger partial charge in [0.05, 0.1) is 35.6 Å². The van der Waals surface area contributed by atoms with Gasteiger partial charge in [0.2, 0.25) is 0 Å². The van der Waals surface area contributed by atoms with Crippen molar-refractivity contribution in [2.45, 2.75) is 52.5 Å². The molecule has 1 aliphatic rings. The molecule has 0 fully saturated rings. The third kappa shape index (κ3) is 5.35. The minimum atomic E-state index is -0.680. The van der Waals surface area contributed by atoms with E-state index in [9.17, 15) is 14.7 Å². The molecule has 38 heavy (non-hydrogen) atoms. The van der Waals surface area contributed by atoms with E-state index in [1.165, 1.54) is 18.4 Å². The smallest absolute Gasteiger partial charge is 0.338 e. The molecule has 0 unspecified atom stereocenters. The fraction of sp³-hybridized carbons (Fsp3) is 0.345. The van der Waals surface area contributed by atoms with Gasteiger partial charge >= 0.3 is 5.97 Å². The van der Waals surface area contributed by atoms with E-state index in [2.05, 4.69) is 29.8 Å². The predicted octanol–water partition coefficient (Wildman–Crippen LogP) is 5.18. The molecule has 0 saturated heterocycles. The van der Waals surface area contributed by atoms with Gasteiger partial charge in [0.15, 0.2) is 16.3 Å². The van der Waals surface area contributed by atoms with Gasteiger partial charge in [-0.3, -0.25) is 9.36 Å². The molecule has 4 rings (SSSR count). The lowest BCUT2D eigenvalue weighted by Crippen LogP contribution is -2.40. The van der Waals surface area contributed by atoms with Crippen molar-refractivity contribution in [3.63, 3.8) is 0 Å². The molecule has 2 aromatic carbocycles. The Kier molecular flexibility index (Phi) is 8.57. The normalized spacial score (nSPS) is 15.4. The Bertz CT molecular complexity index is 1570. The third-order valence-corrected chi connectivity index (χ3v) is 7.83. The molecule has 0 bridgehead atoms. The maximum atomic E-state index is 13.9. The lowest BCUT2D eigenvalue weighted by molar-refractivity contribution is -0.139. The zero-order valence-electron chi connectivity index (χ0n) is 22.1. The van der Waals surface area contributed by atoms with Gasteiger partial charge in [-0.05, 0) is 48.6 Å². The highest BCUT2D eigenvalue weighted by atomic mass is 79.9. The van der Waals surface area contributed by atoms with E-state index in [0.29, 0.717) is 43.0 Å². The number of nitrogens with zero attached hydrogens (tertiary/aromatic N) is 2. The summed E-state index contributed by atoms with van der Waals surface area (Å²) in [6.45, 7) is 8.24. The van der Waals surface area contributed by atoms with E-state index in [0.717, 1.165) is 17.5 Å². The second-order valence-corrected chi connectivity index (χ2v) is 11.2. The molecule has 0 saturated carbocycles. The number of allylic oxidation sites excluding steroid dienone is 1. The quantitative estimate of drug-likeness (QED) is 0.361. The number of aromatic nitrogens is 1. The van der Waals surface area contributed by atoms with Crippen LogP contribution in [0.5, 0.6) is 11.5 Å². The van der Waals surface area contributed by atoms with Crippen LogP contribution in [0.3, 0.4) is 0 Å². The number of rotatable bonds is 8. The van der Waals surface area contributed by atoms with Gasteiger partial charge < -0.3 is 14.6 Å². The van der Waals surface area contributed by atoms with Crippen molar-refractivity contribution in [1.29, 1.82) is 0 Å². The highest BCUT2D eigenvalue weighted by Crippen LogP contribution is 2.35. The van der Waals surface area contributed by atoms with Crippen molar-refractivity contribution in [2.75, 3.05) is 13.7 Å². The van der Waals surface area contributed by atoms with E-state index in [4.69, 9.17) is 14.5 Å². The molecule has 0 amide bonds. The van der Waals surface area contributed by atoms with Gasteiger partial charge in [-0.25, -0.2) is 9.79 Å². The first-order chi connectivity index (χ1) is 18.2.